The van der Waals surface area contributed by atoms with Crippen molar-refractivity contribution in [3.8, 4) is 5.75 Å². The minimum atomic E-state index is 0.0715. The lowest BCUT2D eigenvalue weighted by Crippen LogP contribution is -2.47. The molecule has 0 amide bonds. The number of hydrogen-bond donors (Lipinski definition) is 1. The number of benzene rings is 2. The van der Waals surface area contributed by atoms with Crippen molar-refractivity contribution in [1.29, 1.82) is 0 Å². The van der Waals surface area contributed by atoms with E-state index in [0.29, 0.717) is 11.9 Å². The molecule has 1 N–H and O–H groups in total. The molecule has 0 bridgehead atoms. The Hall–Kier alpha value is -1.52. The van der Waals surface area contributed by atoms with E-state index in [9.17, 15) is 5.11 Å². The summed E-state index contributed by atoms with van der Waals surface area (Å²) in [5.41, 5.74) is 3.96. The van der Waals surface area contributed by atoms with Crippen molar-refractivity contribution in [3.05, 3.63) is 58.1 Å². The van der Waals surface area contributed by atoms with E-state index < -0.39 is 0 Å². The van der Waals surface area contributed by atoms with E-state index in [1.54, 1.807) is 6.07 Å². The highest BCUT2D eigenvalue weighted by Gasteiger charge is 2.53. The van der Waals surface area contributed by atoms with Crippen LogP contribution in [0.2, 0.25) is 0 Å². The van der Waals surface area contributed by atoms with Gasteiger partial charge in [0, 0.05) is 30.0 Å². The van der Waals surface area contributed by atoms with Crippen LogP contribution in [0.1, 0.15) is 24.5 Å². The van der Waals surface area contributed by atoms with E-state index in [0.717, 1.165) is 30.4 Å². The van der Waals surface area contributed by atoms with Gasteiger partial charge in [-0.25, -0.2) is 0 Å². The molecule has 1 fully saturated rings. The summed E-state index contributed by atoms with van der Waals surface area (Å²) in [6.07, 6.45) is 2.55. The third kappa shape index (κ3) is 2.35. The molecule has 0 saturated carbocycles. The summed E-state index contributed by atoms with van der Waals surface area (Å²) in [5, 5.41) is 10.1. The van der Waals surface area contributed by atoms with Crippen LogP contribution in [0.15, 0.2) is 46.9 Å². The Morgan fingerprint density at radius 2 is 2.00 bits per heavy atom. The molecule has 3 nitrogen and oxygen atoms in total. The summed E-state index contributed by atoms with van der Waals surface area (Å²) in [4.78, 5) is 4.98. The normalized spacial score (nSPS) is 25.8. The number of hydrogen-bond acceptors (Lipinski definition) is 3. The number of nitrogens with zero attached hydrogens (tertiary/aromatic N) is 2. The molecule has 126 valence electrons. The van der Waals surface area contributed by atoms with Crippen molar-refractivity contribution >= 4 is 21.6 Å². The van der Waals surface area contributed by atoms with Crippen molar-refractivity contribution in [2.75, 3.05) is 25.0 Å². The minimum absolute atomic E-state index is 0.0715. The van der Waals surface area contributed by atoms with Gasteiger partial charge >= 0.3 is 0 Å². The lowest BCUT2D eigenvalue weighted by Gasteiger charge is -2.35. The van der Waals surface area contributed by atoms with Crippen molar-refractivity contribution in [2.45, 2.75) is 31.3 Å². The zero-order chi connectivity index (χ0) is 16.9. The molecule has 0 radical (unpaired) electrons. The summed E-state index contributed by atoms with van der Waals surface area (Å²) in [5.74, 6) is 0.346. The number of phenolic OH excluding ortho intramolecular Hbond substituents is 1. The van der Waals surface area contributed by atoms with Gasteiger partial charge in [0.2, 0.25) is 0 Å². The van der Waals surface area contributed by atoms with Crippen molar-refractivity contribution in [2.24, 2.45) is 0 Å². The summed E-state index contributed by atoms with van der Waals surface area (Å²) in [6.45, 7) is 4.51. The highest BCUT2D eigenvalue weighted by Crippen LogP contribution is 2.54. The van der Waals surface area contributed by atoms with E-state index >= 15 is 0 Å². The van der Waals surface area contributed by atoms with Gasteiger partial charge in [-0.1, -0.05) is 37.3 Å². The molecule has 2 aliphatic rings. The van der Waals surface area contributed by atoms with Crippen LogP contribution in [0.25, 0.3) is 0 Å². The maximum Gasteiger partial charge on any atom is 0.117 e. The first kappa shape index (κ1) is 16.0. The summed E-state index contributed by atoms with van der Waals surface area (Å²) in [7, 11) is 2.18. The van der Waals surface area contributed by atoms with Crippen molar-refractivity contribution < 1.29 is 5.11 Å². The molecule has 0 aliphatic carbocycles. The van der Waals surface area contributed by atoms with Crippen LogP contribution in [0.3, 0.4) is 0 Å². The van der Waals surface area contributed by atoms with Gasteiger partial charge in [-0.15, -0.1) is 0 Å². The van der Waals surface area contributed by atoms with Crippen LogP contribution in [0.4, 0.5) is 5.69 Å². The smallest absolute Gasteiger partial charge is 0.117 e. The second kappa shape index (κ2) is 5.78. The second-order valence-electron chi connectivity index (χ2n) is 7.25. The first-order chi connectivity index (χ1) is 11.5. The van der Waals surface area contributed by atoms with Gasteiger partial charge in [-0.3, -0.25) is 4.90 Å². The average molecular weight is 387 g/mol. The average Bonchev–Trinajstić information content (AvgIpc) is 3.00. The van der Waals surface area contributed by atoms with Gasteiger partial charge in [0.05, 0.1) is 11.9 Å². The fourth-order valence-electron chi connectivity index (χ4n) is 4.63. The summed E-state index contributed by atoms with van der Waals surface area (Å²) in [6, 6.07) is 14.5. The number of rotatable bonds is 3. The number of likely N-dealkylation sites (N-methyl/N-ethyl adjacent to an activating group) is 1. The number of likely N-dealkylation sites (tertiary alicyclic amines) is 1. The first-order valence-corrected chi connectivity index (χ1v) is 9.34. The molecule has 1 unspecified atom stereocenters. The van der Waals surface area contributed by atoms with Gasteiger partial charge in [-0.05, 0) is 52.0 Å². The van der Waals surface area contributed by atoms with E-state index in [-0.39, 0.29) is 5.41 Å². The van der Waals surface area contributed by atoms with Crippen LogP contribution in [0.5, 0.6) is 5.75 Å². The number of phenols is 1. The minimum Gasteiger partial charge on any atom is -0.508 e. The quantitative estimate of drug-likeness (QED) is 0.858. The van der Waals surface area contributed by atoms with Gasteiger partial charge in [0.15, 0.2) is 0 Å². The molecule has 2 aliphatic heterocycles. The number of fused-ring (bicyclic) bond motifs is 3. The largest absolute Gasteiger partial charge is 0.508 e. The van der Waals surface area contributed by atoms with Crippen LogP contribution in [-0.2, 0) is 11.8 Å². The standard InChI is InChI=1S/C20H23BrN2O/c1-20-9-11-23(10-8-14-6-4-3-5-7-14)19(20)22(2)18-16(20)12-15(24)13-17(18)21/h3-7,12-13,19,24H,8-11H2,1-2H3/t19?,20-/m0/s1. The number of anilines is 1. The Morgan fingerprint density at radius 3 is 2.75 bits per heavy atom. The van der Waals surface area contributed by atoms with Crippen LogP contribution in [0, 0.1) is 0 Å². The third-order valence-corrected chi connectivity index (χ3v) is 6.35. The molecule has 2 heterocycles. The highest BCUT2D eigenvalue weighted by atomic mass is 79.9. The Bertz CT molecular complexity index is 764. The van der Waals surface area contributed by atoms with Crippen LogP contribution in [-0.4, -0.2) is 36.3 Å². The Kier molecular flexibility index (Phi) is 3.85. The van der Waals surface area contributed by atoms with E-state index in [1.165, 1.54) is 16.8 Å². The van der Waals surface area contributed by atoms with Crippen molar-refractivity contribution in [3.63, 3.8) is 0 Å². The summed E-state index contributed by atoms with van der Waals surface area (Å²) < 4.78 is 0.985. The van der Waals surface area contributed by atoms with E-state index in [1.807, 2.05) is 6.07 Å². The lowest BCUT2D eigenvalue weighted by molar-refractivity contribution is 0.226. The second-order valence-corrected chi connectivity index (χ2v) is 8.10. The lowest BCUT2D eigenvalue weighted by atomic mass is 9.81. The van der Waals surface area contributed by atoms with Gasteiger partial charge in [0.25, 0.3) is 0 Å². The fourth-order valence-corrected chi connectivity index (χ4v) is 5.36. The Balaban J connectivity index is 1.62. The fraction of sp³-hybridized carbons (Fsp3) is 0.400. The molecule has 4 rings (SSSR count). The molecule has 2 aromatic rings. The monoisotopic (exact) mass is 386 g/mol. The molecule has 24 heavy (non-hydrogen) atoms. The molecule has 4 heteroatoms. The SMILES string of the molecule is CN1c2c(Br)cc(O)cc2[C@]2(C)CCN(CCc3ccccc3)C12. The molecule has 2 aromatic carbocycles. The molecular formula is C20H23BrN2O. The van der Waals surface area contributed by atoms with E-state index in [4.69, 9.17) is 0 Å². The molecule has 2 atom stereocenters. The zero-order valence-corrected chi connectivity index (χ0v) is 15.8. The third-order valence-electron chi connectivity index (χ3n) is 5.75. The maximum atomic E-state index is 10.1. The van der Waals surface area contributed by atoms with Gasteiger partial charge < -0.3 is 10.0 Å². The highest BCUT2D eigenvalue weighted by molar-refractivity contribution is 9.10. The maximum absolute atomic E-state index is 10.1. The topological polar surface area (TPSA) is 26.7 Å². The molecular weight excluding hydrogens is 364 g/mol. The first-order valence-electron chi connectivity index (χ1n) is 8.54. The molecule has 0 spiro atoms. The van der Waals surface area contributed by atoms with Crippen LogP contribution >= 0.6 is 15.9 Å². The Labute approximate surface area is 152 Å². The van der Waals surface area contributed by atoms with E-state index in [2.05, 4.69) is 70.0 Å². The Morgan fingerprint density at radius 1 is 1.25 bits per heavy atom. The van der Waals surface area contributed by atoms with Crippen molar-refractivity contribution in [1.82, 2.24) is 4.90 Å². The van der Waals surface area contributed by atoms with Crippen LogP contribution < -0.4 is 4.90 Å². The molecule has 0 aromatic heterocycles. The number of aromatic hydroxyl groups is 1. The predicted octanol–water partition coefficient (Wildman–Crippen LogP) is 4.14. The summed E-state index contributed by atoms with van der Waals surface area (Å²) >= 11 is 3.65. The van der Waals surface area contributed by atoms with Gasteiger partial charge in [-0.2, -0.15) is 0 Å². The predicted molar refractivity (Wildman–Crippen MR) is 102 cm³/mol. The number of halogens is 1. The zero-order valence-electron chi connectivity index (χ0n) is 14.2. The van der Waals surface area contributed by atoms with Gasteiger partial charge in [0.1, 0.15) is 5.75 Å². The molecule has 1 saturated heterocycles.